The van der Waals surface area contributed by atoms with Crippen molar-refractivity contribution in [2.45, 2.75) is 13.3 Å². The second-order valence-electron chi connectivity index (χ2n) is 7.47. The van der Waals surface area contributed by atoms with Crippen LogP contribution in [0.1, 0.15) is 34.1 Å². The second kappa shape index (κ2) is 9.96. The first-order chi connectivity index (χ1) is 16.1. The van der Waals surface area contributed by atoms with Crippen LogP contribution in [0.15, 0.2) is 78.9 Å². The van der Waals surface area contributed by atoms with Crippen molar-refractivity contribution in [1.29, 1.82) is 0 Å². The van der Waals surface area contributed by atoms with Gasteiger partial charge in [0.25, 0.3) is 5.91 Å². The van der Waals surface area contributed by atoms with Gasteiger partial charge in [-0.05, 0) is 55.0 Å². The lowest BCUT2D eigenvalue weighted by Crippen LogP contribution is -2.13. The summed E-state index contributed by atoms with van der Waals surface area (Å²) in [6, 6.07) is 23.5. The molecule has 3 aromatic carbocycles. The van der Waals surface area contributed by atoms with E-state index in [1.807, 2.05) is 55.5 Å². The molecular formula is C27H24N2O4. The minimum absolute atomic E-state index is 0.265. The summed E-state index contributed by atoms with van der Waals surface area (Å²) in [5, 5.41) is 3.67. The molecule has 0 bridgehead atoms. The van der Waals surface area contributed by atoms with Crippen molar-refractivity contribution >= 4 is 28.5 Å². The maximum absolute atomic E-state index is 13.2. The van der Waals surface area contributed by atoms with E-state index in [0.29, 0.717) is 34.9 Å². The molecule has 0 radical (unpaired) electrons. The van der Waals surface area contributed by atoms with E-state index in [1.165, 1.54) is 0 Å². The van der Waals surface area contributed by atoms with Crippen LogP contribution in [0.25, 0.3) is 22.2 Å². The SMILES string of the molecule is CCCOC(=O)c1ccc(NC(=O)c2cc(-c3cccc(OC)c3)nc3ccccc23)cc1. The van der Waals surface area contributed by atoms with Gasteiger partial charge in [-0.25, -0.2) is 9.78 Å². The molecule has 6 nitrogen and oxygen atoms in total. The van der Waals surface area contributed by atoms with E-state index < -0.39 is 0 Å². The summed E-state index contributed by atoms with van der Waals surface area (Å²) in [4.78, 5) is 30.0. The van der Waals surface area contributed by atoms with Crippen LogP contribution in [0.3, 0.4) is 0 Å². The average molecular weight is 440 g/mol. The molecule has 4 rings (SSSR count). The molecule has 0 aliphatic rings. The lowest BCUT2D eigenvalue weighted by Gasteiger charge is -2.12. The van der Waals surface area contributed by atoms with Gasteiger partial charge in [-0.15, -0.1) is 0 Å². The highest BCUT2D eigenvalue weighted by Crippen LogP contribution is 2.28. The molecule has 166 valence electrons. The van der Waals surface area contributed by atoms with Gasteiger partial charge in [-0.1, -0.05) is 37.3 Å². The number of aromatic nitrogens is 1. The van der Waals surface area contributed by atoms with Crippen molar-refractivity contribution < 1.29 is 19.1 Å². The fourth-order valence-corrected chi connectivity index (χ4v) is 3.46. The van der Waals surface area contributed by atoms with E-state index >= 15 is 0 Å². The van der Waals surface area contributed by atoms with Crippen LogP contribution in [-0.2, 0) is 4.74 Å². The van der Waals surface area contributed by atoms with Gasteiger partial charge in [-0.3, -0.25) is 4.79 Å². The number of anilines is 1. The Hall–Kier alpha value is -4.19. The van der Waals surface area contributed by atoms with Gasteiger partial charge in [0, 0.05) is 16.6 Å². The summed E-state index contributed by atoms with van der Waals surface area (Å²) in [5.41, 5.74) is 3.77. The third-order valence-electron chi connectivity index (χ3n) is 5.14. The molecule has 0 saturated carbocycles. The minimum atomic E-state index is -0.377. The number of nitrogens with zero attached hydrogens (tertiary/aromatic N) is 1. The molecule has 0 aliphatic carbocycles. The normalized spacial score (nSPS) is 10.6. The summed E-state index contributed by atoms with van der Waals surface area (Å²) in [7, 11) is 1.61. The zero-order chi connectivity index (χ0) is 23.2. The van der Waals surface area contributed by atoms with E-state index in [2.05, 4.69) is 5.32 Å². The van der Waals surface area contributed by atoms with Gasteiger partial charge < -0.3 is 14.8 Å². The highest BCUT2D eigenvalue weighted by molar-refractivity contribution is 6.13. The van der Waals surface area contributed by atoms with E-state index in [-0.39, 0.29) is 11.9 Å². The molecule has 33 heavy (non-hydrogen) atoms. The summed E-state index contributed by atoms with van der Waals surface area (Å²) in [6.07, 6.45) is 0.761. The van der Waals surface area contributed by atoms with Gasteiger partial charge in [0.1, 0.15) is 5.75 Å². The van der Waals surface area contributed by atoms with Crippen molar-refractivity contribution in [3.8, 4) is 17.0 Å². The molecule has 1 aromatic heterocycles. The van der Waals surface area contributed by atoms with Gasteiger partial charge >= 0.3 is 5.97 Å². The third-order valence-corrected chi connectivity index (χ3v) is 5.14. The Morgan fingerprint density at radius 2 is 1.73 bits per heavy atom. The number of rotatable bonds is 7. The number of carbonyl (C=O) groups is 2. The number of pyridine rings is 1. The molecular weight excluding hydrogens is 416 g/mol. The van der Waals surface area contributed by atoms with E-state index in [9.17, 15) is 9.59 Å². The van der Waals surface area contributed by atoms with Crippen molar-refractivity contribution in [1.82, 2.24) is 4.98 Å². The van der Waals surface area contributed by atoms with Crippen LogP contribution in [0.2, 0.25) is 0 Å². The highest BCUT2D eigenvalue weighted by atomic mass is 16.5. The fraction of sp³-hybridized carbons (Fsp3) is 0.148. The smallest absolute Gasteiger partial charge is 0.338 e. The molecule has 1 N–H and O–H groups in total. The van der Waals surface area contributed by atoms with Gasteiger partial charge in [0.2, 0.25) is 0 Å². The number of benzene rings is 3. The Kier molecular flexibility index (Phi) is 6.64. The molecule has 6 heteroatoms. The molecule has 0 spiro atoms. The molecule has 0 unspecified atom stereocenters. The van der Waals surface area contributed by atoms with Crippen LogP contribution in [0.4, 0.5) is 5.69 Å². The molecule has 0 aliphatic heterocycles. The maximum Gasteiger partial charge on any atom is 0.338 e. The summed E-state index contributed by atoms with van der Waals surface area (Å²) in [6.45, 7) is 2.32. The van der Waals surface area contributed by atoms with Gasteiger partial charge in [0.15, 0.2) is 0 Å². The number of amides is 1. The summed E-state index contributed by atoms with van der Waals surface area (Å²) in [5.74, 6) is 0.0721. The van der Waals surface area contributed by atoms with Crippen LogP contribution in [0.5, 0.6) is 5.75 Å². The molecule has 1 amide bonds. The van der Waals surface area contributed by atoms with Crippen LogP contribution in [0, 0.1) is 0 Å². The van der Waals surface area contributed by atoms with Crippen LogP contribution < -0.4 is 10.1 Å². The number of para-hydroxylation sites is 1. The van der Waals surface area contributed by atoms with E-state index in [0.717, 1.165) is 22.9 Å². The van der Waals surface area contributed by atoms with Gasteiger partial charge in [0.05, 0.1) is 36.1 Å². The molecule has 1 heterocycles. The van der Waals surface area contributed by atoms with E-state index in [1.54, 1.807) is 37.4 Å². The van der Waals surface area contributed by atoms with Crippen molar-refractivity contribution in [3.05, 3.63) is 90.0 Å². The summed E-state index contributed by atoms with van der Waals surface area (Å²) < 4.78 is 10.5. The topological polar surface area (TPSA) is 77.5 Å². The molecule has 0 atom stereocenters. The Balaban J connectivity index is 1.64. The molecule has 0 fully saturated rings. The van der Waals surface area contributed by atoms with E-state index in [4.69, 9.17) is 14.5 Å². The maximum atomic E-state index is 13.2. The van der Waals surface area contributed by atoms with Crippen molar-refractivity contribution in [2.75, 3.05) is 19.0 Å². The zero-order valence-electron chi connectivity index (χ0n) is 18.5. The number of ether oxygens (including phenoxy) is 2. The number of hydrogen-bond donors (Lipinski definition) is 1. The number of methoxy groups -OCH3 is 1. The second-order valence-corrected chi connectivity index (χ2v) is 7.47. The lowest BCUT2D eigenvalue weighted by molar-refractivity contribution is 0.0505. The van der Waals surface area contributed by atoms with Crippen LogP contribution in [-0.4, -0.2) is 30.6 Å². The zero-order valence-corrected chi connectivity index (χ0v) is 18.5. The number of fused-ring (bicyclic) bond motifs is 1. The lowest BCUT2D eigenvalue weighted by atomic mass is 10.0. The number of hydrogen-bond acceptors (Lipinski definition) is 5. The minimum Gasteiger partial charge on any atom is -0.497 e. The highest BCUT2D eigenvalue weighted by Gasteiger charge is 2.15. The number of carbonyl (C=O) groups excluding carboxylic acids is 2. The first-order valence-electron chi connectivity index (χ1n) is 10.7. The summed E-state index contributed by atoms with van der Waals surface area (Å²) >= 11 is 0. The standard InChI is InChI=1S/C27H24N2O4/c1-3-15-33-27(31)18-11-13-20(14-12-18)28-26(30)23-17-25(19-7-6-8-21(16-19)32-2)29-24-10-5-4-9-22(23)24/h4-14,16-17H,3,15H2,1-2H3,(H,28,30). The Bertz CT molecular complexity index is 1300. The predicted molar refractivity (Wildman–Crippen MR) is 129 cm³/mol. The number of esters is 1. The molecule has 4 aromatic rings. The fourth-order valence-electron chi connectivity index (χ4n) is 3.46. The van der Waals surface area contributed by atoms with Crippen molar-refractivity contribution in [3.63, 3.8) is 0 Å². The largest absolute Gasteiger partial charge is 0.497 e. The monoisotopic (exact) mass is 440 g/mol. The molecule has 0 saturated heterocycles. The van der Waals surface area contributed by atoms with Crippen molar-refractivity contribution in [2.24, 2.45) is 0 Å². The first kappa shape index (κ1) is 22.0. The average Bonchev–Trinajstić information content (AvgIpc) is 2.87. The van der Waals surface area contributed by atoms with Crippen LogP contribution >= 0.6 is 0 Å². The van der Waals surface area contributed by atoms with Gasteiger partial charge in [-0.2, -0.15) is 0 Å². The number of nitrogens with one attached hydrogen (secondary N) is 1. The predicted octanol–water partition coefficient (Wildman–Crippen LogP) is 5.73. The Labute approximate surface area is 192 Å². The first-order valence-corrected chi connectivity index (χ1v) is 10.7. The Morgan fingerprint density at radius 3 is 2.48 bits per heavy atom. The third kappa shape index (κ3) is 5.01. The Morgan fingerprint density at radius 1 is 0.939 bits per heavy atom. The quantitative estimate of drug-likeness (QED) is 0.371.